The number of aromatic nitrogens is 1. The zero-order valence-electron chi connectivity index (χ0n) is 17.0. The van der Waals surface area contributed by atoms with Gasteiger partial charge in [-0.15, -0.1) is 11.3 Å². The van der Waals surface area contributed by atoms with Crippen LogP contribution in [0.25, 0.3) is 11.3 Å². The van der Waals surface area contributed by atoms with Gasteiger partial charge < -0.3 is 14.6 Å². The number of carbonyl (C=O) groups excluding carboxylic acids is 1. The fourth-order valence-corrected chi connectivity index (χ4v) is 4.33. The smallest absolute Gasteiger partial charge is 0.262 e. The second-order valence-corrected chi connectivity index (χ2v) is 8.12. The third-order valence-corrected chi connectivity index (χ3v) is 6.10. The molecule has 0 unspecified atom stereocenters. The first-order chi connectivity index (χ1) is 14.1. The second kappa shape index (κ2) is 8.25. The maximum atomic E-state index is 11.7. The lowest BCUT2D eigenvalue weighted by Gasteiger charge is -2.19. The third-order valence-electron chi connectivity index (χ3n) is 5.23. The van der Waals surface area contributed by atoms with Crippen LogP contribution < -0.4 is 14.9 Å². The van der Waals surface area contributed by atoms with Gasteiger partial charge in [-0.05, 0) is 55.7 Å². The molecule has 0 spiro atoms. The molecule has 1 amide bonds. The highest BCUT2D eigenvalue weighted by molar-refractivity contribution is 7.07. The molecule has 6 heteroatoms. The van der Waals surface area contributed by atoms with Crippen molar-refractivity contribution in [1.29, 1.82) is 0 Å². The maximum absolute atomic E-state index is 11.7. The lowest BCUT2D eigenvalue weighted by atomic mass is 10.1. The molecule has 0 atom stereocenters. The van der Waals surface area contributed by atoms with Crippen molar-refractivity contribution in [3.05, 3.63) is 57.7 Å². The highest BCUT2D eigenvalue weighted by Crippen LogP contribution is 2.33. The molecule has 5 nitrogen and oxygen atoms in total. The van der Waals surface area contributed by atoms with E-state index in [9.17, 15) is 4.79 Å². The number of nitrogens with zero attached hydrogens (tertiary/aromatic N) is 2. The van der Waals surface area contributed by atoms with Crippen molar-refractivity contribution in [1.82, 2.24) is 4.57 Å². The summed E-state index contributed by atoms with van der Waals surface area (Å²) in [6, 6.07) is 12.2. The van der Waals surface area contributed by atoms with Gasteiger partial charge in [0.25, 0.3) is 5.91 Å². The average molecular weight is 408 g/mol. The highest BCUT2D eigenvalue weighted by Gasteiger charge is 2.17. The van der Waals surface area contributed by atoms with Crippen molar-refractivity contribution in [3.63, 3.8) is 0 Å². The van der Waals surface area contributed by atoms with Crippen molar-refractivity contribution >= 4 is 28.6 Å². The van der Waals surface area contributed by atoms with Gasteiger partial charge in [-0.3, -0.25) is 4.79 Å². The Balaban J connectivity index is 1.81. The summed E-state index contributed by atoms with van der Waals surface area (Å²) in [5.41, 5.74) is 6.33. The molecule has 1 aliphatic heterocycles. The number of hydrogen-bond acceptors (Lipinski definition) is 4. The zero-order valence-corrected chi connectivity index (χ0v) is 17.8. The minimum Gasteiger partial charge on any atom is -0.482 e. The largest absolute Gasteiger partial charge is 0.482 e. The first-order valence-electron chi connectivity index (χ1n) is 9.93. The topological polar surface area (TPSA) is 55.6 Å². The first-order valence-corrected chi connectivity index (χ1v) is 10.8. The van der Waals surface area contributed by atoms with Crippen molar-refractivity contribution in [2.24, 2.45) is 4.99 Å². The van der Waals surface area contributed by atoms with Crippen LogP contribution in [0.2, 0.25) is 0 Å². The number of benzene rings is 2. The van der Waals surface area contributed by atoms with E-state index in [1.807, 2.05) is 18.2 Å². The lowest BCUT2D eigenvalue weighted by Crippen LogP contribution is -2.25. The van der Waals surface area contributed by atoms with E-state index in [4.69, 9.17) is 9.73 Å². The molecular formula is C23H25N3O2S. The van der Waals surface area contributed by atoms with Gasteiger partial charge in [-0.2, -0.15) is 0 Å². The molecule has 150 valence electrons. The molecule has 0 fully saturated rings. The van der Waals surface area contributed by atoms with Crippen LogP contribution in [-0.2, 0) is 11.3 Å². The fraction of sp³-hybridized carbons (Fsp3) is 0.304. The van der Waals surface area contributed by atoms with Crippen molar-refractivity contribution in [2.45, 2.75) is 40.2 Å². The van der Waals surface area contributed by atoms with E-state index in [-0.39, 0.29) is 12.5 Å². The molecule has 4 rings (SSSR count). The van der Waals surface area contributed by atoms with Gasteiger partial charge in [-0.1, -0.05) is 25.5 Å². The van der Waals surface area contributed by atoms with Crippen molar-refractivity contribution in [3.8, 4) is 17.0 Å². The predicted octanol–water partition coefficient (Wildman–Crippen LogP) is 5.20. The van der Waals surface area contributed by atoms with Crippen LogP contribution in [0.3, 0.4) is 0 Å². The Bertz CT molecular complexity index is 1130. The summed E-state index contributed by atoms with van der Waals surface area (Å²) in [5, 5.41) is 5.05. The Kier molecular flexibility index (Phi) is 5.53. The molecule has 2 heterocycles. The van der Waals surface area contributed by atoms with E-state index in [2.05, 4.69) is 54.2 Å². The van der Waals surface area contributed by atoms with Gasteiger partial charge in [0, 0.05) is 17.5 Å². The molecule has 0 aliphatic carbocycles. The summed E-state index contributed by atoms with van der Waals surface area (Å²) in [4.78, 5) is 17.7. The minimum atomic E-state index is -0.121. The third kappa shape index (κ3) is 3.98. The van der Waals surface area contributed by atoms with Gasteiger partial charge in [0.05, 0.1) is 17.1 Å². The summed E-state index contributed by atoms with van der Waals surface area (Å²) in [6.07, 6.45) is 2.19. The van der Waals surface area contributed by atoms with Crippen LogP contribution in [0.5, 0.6) is 5.75 Å². The number of amides is 1. The summed E-state index contributed by atoms with van der Waals surface area (Å²) in [6.45, 7) is 7.40. The van der Waals surface area contributed by atoms with Gasteiger partial charge >= 0.3 is 0 Å². The molecule has 0 bridgehead atoms. The van der Waals surface area contributed by atoms with Crippen LogP contribution in [0.15, 0.2) is 46.8 Å². The number of unbranched alkanes of at least 4 members (excludes halogenated alkanes) is 1. The Morgan fingerprint density at radius 3 is 2.93 bits per heavy atom. The van der Waals surface area contributed by atoms with Crippen LogP contribution in [0.1, 0.15) is 30.9 Å². The number of thiazole rings is 1. The van der Waals surface area contributed by atoms with Crippen LogP contribution in [0, 0.1) is 13.8 Å². The number of aryl methyl sites for hydroxylation is 1. The standard InChI is InChI=1S/C23H25N3O2S/c1-4-5-11-26-20(17-9-10-21-19(12-17)24-22(27)13-28-21)14-29-23(26)25-18-8-6-7-15(2)16(18)3/h6-10,12,14H,4-5,11,13H2,1-3H3,(H,24,27). The maximum Gasteiger partial charge on any atom is 0.262 e. The molecule has 29 heavy (non-hydrogen) atoms. The Morgan fingerprint density at radius 1 is 1.24 bits per heavy atom. The van der Waals surface area contributed by atoms with E-state index in [0.29, 0.717) is 5.75 Å². The summed E-state index contributed by atoms with van der Waals surface area (Å²) < 4.78 is 7.78. The first kappa shape index (κ1) is 19.5. The van der Waals surface area contributed by atoms with Crippen molar-refractivity contribution in [2.75, 3.05) is 11.9 Å². The zero-order chi connectivity index (χ0) is 20.4. The molecular weight excluding hydrogens is 382 g/mol. The van der Waals surface area contributed by atoms with Crippen LogP contribution in [-0.4, -0.2) is 17.1 Å². The van der Waals surface area contributed by atoms with Crippen molar-refractivity contribution < 1.29 is 9.53 Å². The van der Waals surface area contributed by atoms with Gasteiger partial charge in [-0.25, -0.2) is 4.99 Å². The molecule has 1 aliphatic rings. The van der Waals surface area contributed by atoms with Gasteiger partial charge in [0.15, 0.2) is 11.4 Å². The Morgan fingerprint density at radius 2 is 2.10 bits per heavy atom. The number of hydrogen-bond donors (Lipinski definition) is 1. The summed E-state index contributed by atoms with van der Waals surface area (Å²) >= 11 is 1.65. The number of fused-ring (bicyclic) bond motifs is 1. The fourth-order valence-electron chi connectivity index (χ4n) is 3.38. The number of anilines is 1. The minimum absolute atomic E-state index is 0.0696. The average Bonchev–Trinajstić information content (AvgIpc) is 3.11. The lowest BCUT2D eigenvalue weighted by molar-refractivity contribution is -0.118. The molecule has 2 aromatic carbocycles. The number of carbonyl (C=O) groups is 1. The van der Waals surface area contributed by atoms with E-state index >= 15 is 0 Å². The number of ether oxygens (including phenoxy) is 1. The molecule has 0 saturated heterocycles. The van der Waals surface area contributed by atoms with E-state index < -0.39 is 0 Å². The molecule has 0 saturated carbocycles. The van der Waals surface area contributed by atoms with Crippen LogP contribution >= 0.6 is 11.3 Å². The molecule has 1 aromatic heterocycles. The number of rotatable bonds is 5. The second-order valence-electron chi connectivity index (χ2n) is 7.29. The summed E-state index contributed by atoms with van der Waals surface area (Å²) in [5.74, 6) is 0.591. The predicted molar refractivity (Wildman–Crippen MR) is 118 cm³/mol. The van der Waals surface area contributed by atoms with E-state index in [1.54, 1.807) is 11.3 Å². The Labute approximate surface area is 174 Å². The monoisotopic (exact) mass is 407 g/mol. The number of nitrogens with one attached hydrogen (secondary N) is 1. The normalized spacial score (nSPS) is 13.8. The van der Waals surface area contributed by atoms with Gasteiger partial charge in [0.2, 0.25) is 0 Å². The van der Waals surface area contributed by atoms with E-state index in [1.165, 1.54) is 11.1 Å². The molecule has 1 N–H and O–H groups in total. The quantitative estimate of drug-likeness (QED) is 0.632. The SMILES string of the molecule is CCCCn1c(-c2ccc3c(c2)NC(=O)CO3)csc1=Nc1cccc(C)c1C. The van der Waals surface area contributed by atoms with Crippen LogP contribution in [0.4, 0.5) is 11.4 Å². The molecule has 0 radical (unpaired) electrons. The molecule has 3 aromatic rings. The Hall–Kier alpha value is -2.86. The highest BCUT2D eigenvalue weighted by atomic mass is 32.1. The van der Waals surface area contributed by atoms with E-state index in [0.717, 1.165) is 46.8 Å². The van der Waals surface area contributed by atoms with Gasteiger partial charge in [0.1, 0.15) is 5.75 Å². The summed E-state index contributed by atoms with van der Waals surface area (Å²) in [7, 11) is 0.